The van der Waals surface area contributed by atoms with Crippen LogP contribution >= 0.6 is 0 Å². The summed E-state index contributed by atoms with van der Waals surface area (Å²) < 4.78 is 5.04. The summed E-state index contributed by atoms with van der Waals surface area (Å²) in [6.07, 6.45) is 0. The van der Waals surface area contributed by atoms with E-state index in [-0.39, 0.29) is 6.61 Å². The number of aryl methyl sites for hydroxylation is 1. The van der Waals surface area contributed by atoms with Crippen LogP contribution in [-0.2, 0) is 4.74 Å². The highest BCUT2D eigenvalue weighted by Gasteiger charge is 2.06. The standard InChI is InChI=1S/C12H20N2O2/c1-10-3-4-11(9-12(10)13)14(5-7-15)6-8-16-2/h3-4,9,15H,5-8,13H2,1-2H3. The number of aliphatic hydroxyl groups is 1. The summed E-state index contributed by atoms with van der Waals surface area (Å²) in [6, 6.07) is 5.93. The van der Waals surface area contributed by atoms with Crippen molar-refractivity contribution in [3.63, 3.8) is 0 Å². The molecule has 3 N–H and O–H groups in total. The first-order valence-corrected chi connectivity index (χ1v) is 5.40. The molecule has 0 amide bonds. The molecule has 4 heteroatoms. The first kappa shape index (κ1) is 12.8. The topological polar surface area (TPSA) is 58.7 Å². The van der Waals surface area contributed by atoms with Crippen LogP contribution in [0.2, 0.25) is 0 Å². The van der Waals surface area contributed by atoms with E-state index in [9.17, 15) is 0 Å². The number of aliphatic hydroxyl groups excluding tert-OH is 1. The van der Waals surface area contributed by atoms with Crippen molar-refractivity contribution in [3.8, 4) is 0 Å². The highest BCUT2D eigenvalue weighted by Crippen LogP contribution is 2.20. The molecule has 0 aliphatic carbocycles. The van der Waals surface area contributed by atoms with Crippen LogP contribution in [0.4, 0.5) is 11.4 Å². The number of anilines is 2. The van der Waals surface area contributed by atoms with E-state index >= 15 is 0 Å². The summed E-state index contributed by atoms with van der Waals surface area (Å²) in [5.41, 5.74) is 8.73. The Morgan fingerprint density at radius 2 is 2.12 bits per heavy atom. The predicted molar refractivity (Wildman–Crippen MR) is 66.8 cm³/mol. The minimum atomic E-state index is 0.123. The third-order valence-electron chi connectivity index (χ3n) is 2.56. The number of nitrogen functional groups attached to an aromatic ring is 1. The fraction of sp³-hybridized carbons (Fsp3) is 0.500. The minimum Gasteiger partial charge on any atom is -0.398 e. The molecular weight excluding hydrogens is 204 g/mol. The molecule has 0 spiro atoms. The van der Waals surface area contributed by atoms with E-state index in [1.165, 1.54) is 0 Å². The zero-order valence-electron chi connectivity index (χ0n) is 9.94. The predicted octanol–water partition coefficient (Wildman–Crippen LogP) is 1.02. The molecule has 0 bridgehead atoms. The molecule has 0 radical (unpaired) electrons. The molecule has 1 rings (SSSR count). The van der Waals surface area contributed by atoms with Gasteiger partial charge >= 0.3 is 0 Å². The fourth-order valence-corrected chi connectivity index (χ4v) is 1.52. The fourth-order valence-electron chi connectivity index (χ4n) is 1.52. The molecular formula is C12H20N2O2. The van der Waals surface area contributed by atoms with Gasteiger partial charge in [-0.1, -0.05) is 6.07 Å². The average Bonchev–Trinajstić information content (AvgIpc) is 2.28. The van der Waals surface area contributed by atoms with Crippen molar-refractivity contribution in [2.24, 2.45) is 0 Å². The molecule has 0 saturated heterocycles. The maximum atomic E-state index is 9.01. The van der Waals surface area contributed by atoms with Gasteiger partial charge in [-0.2, -0.15) is 0 Å². The lowest BCUT2D eigenvalue weighted by atomic mass is 10.1. The molecule has 0 aliphatic rings. The smallest absolute Gasteiger partial charge is 0.0637 e. The Morgan fingerprint density at radius 1 is 1.38 bits per heavy atom. The van der Waals surface area contributed by atoms with Gasteiger partial charge in [-0.15, -0.1) is 0 Å². The number of benzene rings is 1. The van der Waals surface area contributed by atoms with Gasteiger partial charge in [0, 0.05) is 31.6 Å². The van der Waals surface area contributed by atoms with E-state index in [1.54, 1.807) is 7.11 Å². The van der Waals surface area contributed by atoms with Crippen LogP contribution in [0.5, 0.6) is 0 Å². The Morgan fingerprint density at radius 3 is 2.69 bits per heavy atom. The number of nitrogens with zero attached hydrogens (tertiary/aromatic N) is 1. The van der Waals surface area contributed by atoms with Gasteiger partial charge in [0.05, 0.1) is 13.2 Å². The number of rotatable bonds is 6. The Labute approximate surface area is 96.6 Å². The molecule has 0 aromatic heterocycles. The van der Waals surface area contributed by atoms with Gasteiger partial charge in [-0.3, -0.25) is 0 Å². The van der Waals surface area contributed by atoms with Gasteiger partial charge in [0.1, 0.15) is 0 Å². The average molecular weight is 224 g/mol. The quantitative estimate of drug-likeness (QED) is 0.708. The summed E-state index contributed by atoms with van der Waals surface area (Å²) in [5.74, 6) is 0. The van der Waals surface area contributed by atoms with Gasteiger partial charge in [0.2, 0.25) is 0 Å². The van der Waals surface area contributed by atoms with Crippen molar-refractivity contribution < 1.29 is 9.84 Å². The zero-order valence-corrected chi connectivity index (χ0v) is 9.94. The molecule has 4 nitrogen and oxygen atoms in total. The molecule has 1 aromatic carbocycles. The number of nitrogens with two attached hydrogens (primary N) is 1. The highest BCUT2D eigenvalue weighted by molar-refractivity contribution is 5.59. The molecule has 0 aliphatic heterocycles. The number of ether oxygens (including phenoxy) is 1. The number of methoxy groups -OCH3 is 1. The van der Waals surface area contributed by atoms with E-state index in [2.05, 4.69) is 4.90 Å². The van der Waals surface area contributed by atoms with Crippen LogP contribution in [0.25, 0.3) is 0 Å². The molecule has 0 heterocycles. The van der Waals surface area contributed by atoms with Gasteiger partial charge in [0.25, 0.3) is 0 Å². The maximum Gasteiger partial charge on any atom is 0.0637 e. The highest BCUT2D eigenvalue weighted by atomic mass is 16.5. The second-order valence-electron chi connectivity index (χ2n) is 3.74. The first-order chi connectivity index (χ1) is 7.69. The van der Waals surface area contributed by atoms with Crippen LogP contribution < -0.4 is 10.6 Å². The molecule has 0 atom stereocenters. The van der Waals surface area contributed by atoms with Crippen LogP contribution in [0.1, 0.15) is 5.56 Å². The summed E-state index contributed by atoms with van der Waals surface area (Å²) in [4.78, 5) is 2.05. The van der Waals surface area contributed by atoms with Crippen LogP contribution in [0, 0.1) is 6.92 Å². The molecule has 1 aromatic rings. The Hall–Kier alpha value is -1.26. The van der Waals surface area contributed by atoms with E-state index < -0.39 is 0 Å². The van der Waals surface area contributed by atoms with Crippen molar-refractivity contribution in [2.75, 3.05) is 44.0 Å². The number of hydrogen-bond acceptors (Lipinski definition) is 4. The normalized spacial score (nSPS) is 10.4. The van der Waals surface area contributed by atoms with Crippen LogP contribution in [-0.4, -0.2) is 38.5 Å². The van der Waals surface area contributed by atoms with Gasteiger partial charge in [-0.05, 0) is 24.6 Å². The molecule has 0 unspecified atom stereocenters. The Balaban J connectivity index is 2.78. The van der Waals surface area contributed by atoms with Crippen molar-refractivity contribution in [3.05, 3.63) is 23.8 Å². The SMILES string of the molecule is COCCN(CCO)c1ccc(C)c(N)c1. The van der Waals surface area contributed by atoms with E-state index in [4.69, 9.17) is 15.6 Å². The minimum absolute atomic E-state index is 0.123. The molecule has 16 heavy (non-hydrogen) atoms. The summed E-state index contributed by atoms with van der Waals surface area (Å²) in [5, 5.41) is 9.01. The third-order valence-corrected chi connectivity index (χ3v) is 2.56. The summed E-state index contributed by atoms with van der Waals surface area (Å²) in [7, 11) is 1.67. The lowest BCUT2D eigenvalue weighted by Crippen LogP contribution is -2.30. The molecule has 90 valence electrons. The Kier molecular flexibility index (Phi) is 5.08. The van der Waals surface area contributed by atoms with Crippen molar-refractivity contribution in [1.82, 2.24) is 0 Å². The Bertz CT molecular complexity index is 329. The first-order valence-electron chi connectivity index (χ1n) is 5.40. The van der Waals surface area contributed by atoms with Gasteiger partial charge < -0.3 is 20.5 Å². The van der Waals surface area contributed by atoms with Gasteiger partial charge in [-0.25, -0.2) is 0 Å². The molecule has 0 saturated carbocycles. The molecule has 0 fully saturated rings. The lowest BCUT2D eigenvalue weighted by molar-refractivity contribution is 0.203. The second kappa shape index (κ2) is 6.35. The lowest BCUT2D eigenvalue weighted by Gasteiger charge is -2.24. The monoisotopic (exact) mass is 224 g/mol. The van der Waals surface area contributed by atoms with Crippen LogP contribution in [0.3, 0.4) is 0 Å². The van der Waals surface area contributed by atoms with Crippen molar-refractivity contribution >= 4 is 11.4 Å². The van der Waals surface area contributed by atoms with E-state index in [0.29, 0.717) is 13.2 Å². The zero-order chi connectivity index (χ0) is 12.0. The summed E-state index contributed by atoms with van der Waals surface area (Å²) in [6.45, 7) is 4.07. The summed E-state index contributed by atoms with van der Waals surface area (Å²) >= 11 is 0. The van der Waals surface area contributed by atoms with Crippen molar-refractivity contribution in [1.29, 1.82) is 0 Å². The maximum absolute atomic E-state index is 9.01. The van der Waals surface area contributed by atoms with E-state index in [0.717, 1.165) is 23.5 Å². The van der Waals surface area contributed by atoms with Crippen molar-refractivity contribution in [2.45, 2.75) is 6.92 Å². The second-order valence-corrected chi connectivity index (χ2v) is 3.74. The van der Waals surface area contributed by atoms with E-state index in [1.807, 2.05) is 25.1 Å². The third kappa shape index (κ3) is 3.40. The number of hydrogen-bond donors (Lipinski definition) is 2. The largest absolute Gasteiger partial charge is 0.398 e. The van der Waals surface area contributed by atoms with Crippen LogP contribution in [0.15, 0.2) is 18.2 Å². The van der Waals surface area contributed by atoms with Gasteiger partial charge in [0.15, 0.2) is 0 Å².